The molecule has 0 fully saturated rings. The molecule has 0 radical (unpaired) electrons. The molecule has 50 heavy (non-hydrogen) atoms. The number of benzene rings is 5. The monoisotopic (exact) mass is 826 g/mol. The molecule has 9 aromatic rings. The molecule has 0 unspecified atom stereocenters. The molecule has 5 heterocycles. The number of nitrogens with zero attached hydrogens (tertiary/aromatic N) is 5. The van der Waals surface area contributed by atoms with Gasteiger partial charge in [0, 0.05) is 28.2 Å². The Bertz CT molecular complexity index is 2770. The van der Waals surface area contributed by atoms with Crippen molar-refractivity contribution in [1.82, 2.24) is 23.9 Å². The predicted octanol–water partition coefficient (Wildman–Crippen LogP) is 10.3. The van der Waals surface area contributed by atoms with Crippen LogP contribution in [-0.4, -0.2) is 23.9 Å². The van der Waals surface area contributed by atoms with E-state index in [0.29, 0.717) is 0 Å². The Morgan fingerprint density at radius 3 is 1.94 bits per heavy atom. The van der Waals surface area contributed by atoms with Gasteiger partial charge in [0.1, 0.15) is 5.82 Å². The molecule has 0 bridgehead atoms. The van der Waals surface area contributed by atoms with Gasteiger partial charge in [-0.05, 0) is 51.7 Å². The van der Waals surface area contributed by atoms with Crippen molar-refractivity contribution >= 4 is 43.6 Å². The average molecular weight is 827 g/mol. The van der Waals surface area contributed by atoms with Gasteiger partial charge in [0.05, 0.1) is 11.9 Å². The quantitative estimate of drug-likeness (QED) is 0.167. The smallest absolute Gasteiger partial charge is 0.358 e. The van der Waals surface area contributed by atoms with Crippen LogP contribution in [0.4, 0.5) is 0 Å². The molecule has 1 aliphatic heterocycles. The summed E-state index contributed by atoms with van der Waals surface area (Å²) in [7, 11) is 0. The first-order valence-electron chi connectivity index (χ1n) is 16.9. The first kappa shape index (κ1) is 30.8. The Morgan fingerprint density at radius 2 is 1.24 bits per heavy atom. The molecule has 0 saturated heterocycles. The molecule has 0 spiro atoms. The zero-order valence-electron chi connectivity index (χ0n) is 28.2. The summed E-state index contributed by atoms with van der Waals surface area (Å²) < 4.78 is 6.69. The molecular weight excluding hydrogens is 794 g/mol. The van der Waals surface area contributed by atoms with Gasteiger partial charge in [-0.15, -0.1) is 34.5 Å². The average Bonchev–Trinajstić information content (AvgIpc) is 3.82. The summed E-state index contributed by atoms with van der Waals surface area (Å²) in [6.07, 6.45) is 3.88. The van der Waals surface area contributed by atoms with Crippen molar-refractivity contribution in [3.8, 4) is 28.3 Å². The largest absolute Gasteiger partial charge is 2.00 e. The molecule has 0 aliphatic carbocycles. The minimum Gasteiger partial charge on any atom is -0.358 e. The van der Waals surface area contributed by atoms with Crippen molar-refractivity contribution < 1.29 is 21.1 Å². The van der Waals surface area contributed by atoms with Gasteiger partial charge in [-0.3, -0.25) is 4.68 Å². The molecule has 6 heteroatoms. The van der Waals surface area contributed by atoms with E-state index < -0.39 is 0 Å². The third-order valence-corrected chi connectivity index (χ3v) is 11.3. The normalized spacial score (nSPS) is 14.6. The first-order chi connectivity index (χ1) is 23.8. The maximum absolute atomic E-state index is 5.05. The Balaban J connectivity index is 0.00000336. The van der Waals surface area contributed by atoms with Crippen molar-refractivity contribution in [2.75, 3.05) is 0 Å². The van der Waals surface area contributed by atoms with Crippen molar-refractivity contribution in [2.24, 2.45) is 0 Å². The maximum atomic E-state index is 5.05. The molecule has 1 aliphatic rings. The van der Waals surface area contributed by atoms with Crippen molar-refractivity contribution in [1.29, 1.82) is 0 Å². The molecular formula is C44H33N5Pt. The van der Waals surface area contributed by atoms with E-state index in [1.54, 1.807) is 0 Å². The molecule has 244 valence electrons. The van der Waals surface area contributed by atoms with Crippen LogP contribution in [0, 0.1) is 12.1 Å². The fourth-order valence-electron chi connectivity index (χ4n) is 8.15. The zero-order chi connectivity index (χ0) is 33.1. The third-order valence-electron chi connectivity index (χ3n) is 11.3. The fourth-order valence-corrected chi connectivity index (χ4v) is 8.15. The second-order valence-electron chi connectivity index (χ2n) is 14.2. The molecule has 0 N–H and O–H groups in total. The molecule has 4 aromatic heterocycles. The molecule has 5 aromatic carbocycles. The van der Waals surface area contributed by atoms with Gasteiger partial charge in [-0.1, -0.05) is 117 Å². The van der Waals surface area contributed by atoms with Crippen LogP contribution >= 0.6 is 0 Å². The fraction of sp³-hybridized carbons (Fsp3) is 0.136. The van der Waals surface area contributed by atoms with Crippen LogP contribution in [0.2, 0.25) is 0 Å². The summed E-state index contributed by atoms with van der Waals surface area (Å²) in [6.45, 7) is 9.40. The first-order valence-corrected chi connectivity index (χ1v) is 16.9. The maximum Gasteiger partial charge on any atom is 2.00 e. The topological polar surface area (TPSA) is 40.6 Å². The SMILES string of the molecule is CC1(C)c2ccc(-n3c4[c-]c5c(cc4c4ccccc43)c3ccccc3n5-c3ccccn3)[c-]c2-n2ncc(-c3ccccc3)c2C1(C)C.[Pt+2]. The van der Waals surface area contributed by atoms with Crippen LogP contribution in [0.5, 0.6) is 0 Å². The van der Waals surface area contributed by atoms with Gasteiger partial charge in [0.2, 0.25) is 0 Å². The summed E-state index contributed by atoms with van der Waals surface area (Å²) >= 11 is 0. The second-order valence-corrected chi connectivity index (χ2v) is 14.2. The Hall–Kier alpha value is -5.25. The molecule has 0 saturated carbocycles. The van der Waals surface area contributed by atoms with Crippen molar-refractivity contribution in [2.45, 2.75) is 38.5 Å². The number of aromatic nitrogens is 5. The molecule has 5 nitrogen and oxygen atoms in total. The minimum atomic E-state index is -0.192. The summed E-state index contributed by atoms with van der Waals surface area (Å²) in [5.41, 5.74) is 10.6. The van der Waals surface area contributed by atoms with Crippen LogP contribution < -0.4 is 0 Å². The number of pyridine rings is 1. The zero-order valence-corrected chi connectivity index (χ0v) is 30.4. The minimum absolute atomic E-state index is 0. The second kappa shape index (κ2) is 10.9. The van der Waals surface area contributed by atoms with Gasteiger partial charge in [-0.25, -0.2) is 4.98 Å². The molecule has 0 atom stereocenters. The van der Waals surface area contributed by atoms with Gasteiger partial charge >= 0.3 is 21.1 Å². The van der Waals surface area contributed by atoms with Gasteiger partial charge in [0.25, 0.3) is 0 Å². The van der Waals surface area contributed by atoms with Crippen LogP contribution in [-0.2, 0) is 31.9 Å². The van der Waals surface area contributed by atoms with E-state index in [2.05, 4.69) is 157 Å². The van der Waals surface area contributed by atoms with Crippen LogP contribution in [0.15, 0.2) is 128 Å². The van der Waals surface area contributed by atoms with E-state index >= 15 is 0 Å². The Labute approximate surface area is 305 Å². The van der Waals surface area contributed by atoms with E-state index in [1.165, 1.54) is 27.6 Å². The number of para-hydroxylation sites is 2. The summed E-state index contributed by atoms with van der Waals surface area (Å²) in [5.74, 6) is 0.873. The number of rotatable bonds is 3. The van der Waals surface area contributed by atoms with E-state index in [-0.39, 0.29) is 31.9 Å². The standard InChI is InChI=1S/C44H33N5.Pt/c1-43(2)35-22-21-29(24-40(35)49-42(44(43,3)4)34(27-46-49)28-14-6-5-7-15-28)47-36-18-10-8-16-30(36)32-25-33-31-17-9-11-19-37(31)48(39(33)26-38(32)47)41-20-12-13-23-45-41;/h5-23,25,27H,1-4H3;/q-2;+2. The molecule has 0 amide bonds. The van der Waals surface area contributed by atoms with Crippen LogP contribution in [0.3, 0.4) is 0 Å². The van der Waals surface area contributed by atoms with E-state index in [0.717, 1.165) is 55.6 Å². The van der Waals surface area contributed by atoms with Crippen LogP contribution in [0.25, 0.3) is 71.9 Å². The predicted molar refractivity (Wildman–Crippen MR) is 199 cm³/mol. The summed E-state index contributed by atoms with van der Waals surface area (Å²) in [4.78, 5) is 4.76. The number of hydrogen-bond acceptors (Lipinski definition) is 2. The van der Waals surface area contributed by atoms with Gasteiger partial charge in [0.15, 0.2) is 0 Å². The van der Waals surface area contributed by atoms with Gasteiger partial charge < -0.3 is 9.13 Å². The molecule has 10 rings (SSSR count). The van der Waals surface area contributed by atoms with Crippen molar-refractivity contribution in [3.05, 3.63) is 151 Å². The summed E-state index contributed by atoms with van der Waals surface area (Å²) in [5, 5.41) is 9.73. The van der Waals surface area contributed by atoms with Gasteiger partial charge in [-0.2, -0.15) is 17.2 Å². The Kier molecular flexibility index (Phi) is 6.69. The van der Waals surface area contributed by atoms with E-state index in [9.17, 15) is 0 Å². The third kappa shape index (κ3) is 4.04. The van der Waals surface area contributed by atoms with Crippen molar-refractivity contribution in [3.63, 3.8) is 0 Å². The van der Waals surface area contributed by atoms with E-state index in [1.807, 2.05) is 24.5 Å². The number of hydrogen-bond donors (Lipinski definition) is 0. The van der Waals surface area contributed by atoms with E-state index in [4.69, 9.17) is 10.1 Å². The van der Waals surface area contributed by atoms with Crippen LogP contribution in [0.1, 0.15) is 39.0 Å². The summed E-state index contributed by atoms with van der Waals surface area (Å²) in [6, 6.07) is 48.6. The Morgan fingerprint density at radius 1 is 0.600 bits per heavy atom. The number of fused-ring (bicyclic) bond motifs is 9.